The number of para-hydroxylation sites is 1. The van der Waals surface area contributed by atoms with Crippen LogP contribution in [0.1, 0.15) is 24.1 Å². The Morgan fingerprint density at radius 2 is 2.00 bits per heavy atom. The van der Waals surface area contributed by atoms with E-state index in [4.69, 9.17) is 4.74 Å². The van der Waals surface area contributed by atoms with E-state index in [1.54, 1.807) is 18.2 Å². The van der Waals surface area contributed by atoms with Crippen LogP contribution in [0.3, 0.4) is 0 Å². The van der Waals surface area contributed by atoms with Gasteiger partial charge in [-0.15, -0.1) is 0 Å². The van der Waals surface area contributed by atoms with Crippen molar-refractivity contribution in [1.82, 2.24) is 9.88 Å². The number of aromatic nitrogens is 1. The fraction of sp³-hybridized carbons (Fsp3) is 0.273. The van der Waals surface area contributed by atoms with E-state index in [2.05, 4.69) is 15.2 Å². The second-order valence-corrected chi connectivity index (χ2v) is 7.63. The first-order valence-electron chi connectivity index (χ1n) is 9.62. The van der Waals surface area contributed by atoms with Crippen molar-refractivity contribution < 1.29 is 19.0 Å². The van der Waals surface area contributed by atoms with Crippen molar-refractivity contribution in [2.24, 2.45) is 0 Å². The van der Waals surface area contributed by atoms with Gasteiger partial charge in [-0.05, 0) is 30.3 Å². The normalized spacial score (nSPS) is 18.3. The molecule has 3 aromatic rings. The molecular formula is C22H20FN3O3. The molecule has 2 aromatic carbocycles. The number of likely N-dealkylation sites (tertiary alicyclic amines) is 1. The van der Waals surface area contributed by atoms with Gasteiger partial charge in [-0.25, -0.2) is 14.2 Å². The van der Waals surface area contributed by atoms with Gasteiger partial charge in [-0.2, -0.15) is 0 Å². The number of carbonyl (C=O) groups excluding carboxylic acids is 1. The summed E-state index contributed by atoms with van der Waals surface area (Å²) in [5.41, 5.74) is 1.97. The summed E-state index contributed by atoms with van der Waals surface area (Å²) in [5, 5.41) is 13.6. The van der Waals surface area contributed by atoms with E-state index >= 15 is 0 Å². The molecule has 5 rings (SSSR count). The zero-order valence-electron chi connectivity index (χ0n) is 15.7. The number of phenols is 1. The molecule has 0 saturated carbocycles. The fourth-order valence-electron chi connectivity index (χ4n) is 4.30. The molecule has 1 aromatic heterocycles. The summed E-state index contributed by atoms with van der Waals surface area (Å²) >= 11 is 0. The van der Waals surface area contributed by atoms with Crippen LogP contribution < -0.4 is 5.32 Å². The van der Waals surface area contributed by atoms with Crippen LogP contribution >= 0.6 is 0 Å². The number of nitrogens with zero attached hydrogens (tertiary/aromatic N) is 2. The predicted molar refractivity (Wildman–Crippen MR) is 106 cm³/mol. The molecule has 2 aliphatic heterocycles. The van der Waals surface area contributed by atoms with Crippen LogP contribution in [0.25, 0.3) is 10.9 Å². The molecule has 3 heterocycles. The largest absolute Gasteiger partial charge is 0.506 e. The van der Waals surface area contributed by atoms with Gasteiger partial charge in [0.05, 0.1) is 11.4 Å². The lowest BCUT2D eigenvalue weighted by molar-refractivity contribution is -0.0397. The number of hydrogen-bond donors (Lipinski definition) is 2. The topological polar surface area (TPSA) is 74.7 Å². The number of piperidine rings is 1. The van der Waals surface area contributed by atoms with Gasteiger partial charge in [0, 0.05) is 43.4 Å². The highest BCUT2D eigenvalue weighted by molar-refractivity contribution is 5.89. The van der Waals surface area contributed by atoms with Crippen molar-refractivity contribution in [3.05, 3.63) is 65.6 Å². The molecule has 1 saturated heterocycles. The lowest BCUT2D eigenvalue weighted by atomic mass is 9.82. The number of nitrogens with one attached hydrogen (secondary N) is 1. The number of anilines is 1. The minimum absolute atomic E-state index is 0.169. The summed E-state index contributed by atoms with van der Waals surface area (Å²) in [6.07, 6.45) is 0.662. The summed E-state index contributed by atoms with van der Waals surface area (Å²) in [6, 6.07) is 13.6. The molecule has 0 radical (unpaired) electrons. The third-order valence-electron chi connectivity index (χ3n) is 5.80. The Labute approximate surface area is 166 Å². The number of phenolic OH excluding ortho intramolecular Hbond substituents is 1. The van der Waals surface area contributed by atoms with E-state index in [1.165, 1.54) is 12.1 Å². The van der Waals surface area contributed by atoms with Gasteiger partial charge in [0.25, 0.3) is 0 Å². The van der Waals surface area contributed by atoms with Crippen molar-refractivity contribution in [2.75, 3.05) is 18.4 Å². The minimum atomic E-state index is -0.800. The average molecular weight is 393 g/mol. The molecule has 0 atom stereocenters. The zero-order chi connectivity index (χ0) is 20.0. The average Bonchev–Trinajstić information content (AvgIpc) is 2.71. The van der Waals surface area contributed by atoms with Gasteiger partial charge < -0.3 is 9.84 Å². The van der Waals surface area contributed by atoms with Crippen molar-refractivity contribution in [2.45, 2.75) is 25.0 Å². The van der Waals surface area contributed by atoms with Crippen LogP contribution in [0.4, 0.5) is 14.9 Å². The smallest absolute Gasteiger partial charge is 0.412 e. The molecule has 1 amide bonds. The predicted octanol–water partition coefficient (Wildman–Crippen LogP) is 4.13. The van der Waals surface area contributed by atoms with E-state index in [0.29, 0.717) is 49.2 Å². The van der Waals surface area contributed by atoms with E-state index in [1.807, 2.05) is 18.2 Å². The van der Waals surface area contributed by atoms with E-state index in [-0.39, 0.29) is 11.6 Å². The highest BCUT2D eigenvalue weighted by Crippen LogP contribution is 2.43. The Balaban J connectivity index is 1.35. The molecule has 2 N–H and O–H groups in total. The first-order chi connectivity index (χ1) is 14.0. The lowest BCUT2D eigenvalue weighted by Crippen LogP contribution is -2.48. The van der Waals surface area contributed by atoms with Gasteiger partial charge in [-0.3, -0.25) is 10.2 Å². The Morgan fingerprint density at radius 3 is 2.83 bits per heavy atom. The first kappa shape index (κ1) is 17.9. The molecule has 0 unspecified atom stereocenters. The van der Waals surface area contributed by atoms with E-state index in [9.17, 15) is 14.3 Å². The van der Waals surface area contributed by atoms with Crippen LogP contribution in [0.5, 0.6) is 5.75 Å². The number of hydrogen-bond acceptors (Lipinski definition) is 5. The molecule has 1 fully saturated rings. The zero-order valence-corrected chi connectivity index (χ0v) is 15.7. The third kappa shape index (κ3) is 3.17. The maximum absolute atomic E-state index is 13.8. The summed E-state index contributed by atoms with van der Waals surface area (Å²) in [5.74, 6) is -0.173. The monoisotopic (exact) mass is 393 g/mol. The molecule has 0 bridgehead atoms. The van der Waals surface area contributed by atoms with Gasteiger partial charge in [0.1, 0.15) is 22.7 Å². The number of pyridine rings is 1. The summed E-state index contributed by atoms with van der Waals surface area (Å²) < 4.78 is 19.5. The SMILES string of the molecule is O=C1Nc2ccc(F)cc2C2(CCN(Cc3ccc4cccc(O)c4n3)CC2)O1. The number of halogens is 1. The molecule has 2 aliphatic rings. The van der Waals surface area contributed by atoms with Gasteiger partial charge >= 0.3 is 6.09 Å². The van der Waals surface area contributed by atoms with Crippen LogP contribution in [-0.2, 0) is 16.9 Å². The lowest BCUT2D eigenvalue weighted by Gasteiger charge is -2.44. The number of rotatable bonds is 2. The maximum Gasteiger partial charge on any atom is 0.412 e. The molecular weight excluding hydrogens is 373 g/mol. The van der Waals surface area contributed by atoms with Crippen molar-refractivity contribution in [3.8, 4) is 5.75 Å². The van der Waals surface area contributed by atoms with Crippen molar-refractivity contribution in [1.29, 1.82) is 0 Å². The van der Waals surface area contributed by atoms with Crippen molar-refractivity contribution in [3.63, 3.8) is 0 Å². The van der Waals surface area contributed by atoms with Crippen LogP contribution in [0.15, 0.2) is 48.5 Å². The number of benzene rings is 2. The quantitative estimate of drug-likeness (QED) is 0.685. The Hall–Kier alpha value is -3.19. The van der Waals surface area contributed by atoms with Gasteiger partial charge in [0.2, 0.25) is 0 Å². The molecule has 0 aliphatic carbocycles. The van der Waals surface area contributed by atoms with Crippen molar-refractivity contribution >= 4 is 22.7 Å². The standard InChI is InChI=1S/C22H20FN3O3/c23-15-5-7-18-17(12-15)22(29-21(28)25-18)8-10-26(11-9-22)13-16-6-4-14-2-1-3-19(27)20(14)24-16/h1-7,12,27H,8-11,13H2,(H,25,28). The maximum atomic E-state index is 13.8. The Morgan fingerprint density at radius 1 is 1.17 bits per heavy atom. The van der Waals surface area contributed by atoms with Crippen LogP contribution in [-0.4, -0.2) is 34.2 Å². The van der Waals surface area contributed by atoms with Gasteiger partial charge in [0.15, 0.2) is 0 Å². The highest BCUT2D eigenvalue weighted by atomic mass is 19.1. The number of aromatic hydroxyl groups is 1. The number of amides is 1. The molecule has 148 valence electrons. The Kier molecular flexibility index (Phi) is 4.13. The summed E-state index contributed by atoms with van der Waals surface area (Å²) in [6.45, 7) is 2.00. The van der Waals surface area contributed by atoms with E-state index < -0.39 is 11.7 Å². The number of carbonyl (C=O) groups is 1. The van der Waals surface area contributed by atoms with E-state index in [0.717, 1.165) is 11.1 Å². The summed E-state index contributed by atoms with van der Waals surface area (Å²) in [4.78, 5) is 18.9. The molecule has 29 heavy (non-hydrogen) atoms. The number of fused-ring (bicyclic) bond motifs is 3. The second kappa shape index (κ2) is 6.70. The number of ether oxygens (including phenoxy) is 1. The molecule has 7 heteroatoms. The second-order valence-electron chi connectivity index (χ2n) is 7.63. The molecule has 6 nitrogen and oxygen atoms in total. The molecule has 1 spiro atoms. The summed E-state index contributed by atoms with van der Waals surface area (Å²) in [7, 11) is 0. The fourth-order valence-corrected chi connectivity index (χ4v) is 4.30. The van der Waals surface area contributed by atoms with Crippen LogP contribution in [0.2, 0.25) is 0 Å². The Bertz CT molecular complexity index is 1110. The van der Waals surface area contributed by atoms with Crippen LogP contribution in [0, 0.1) is 5.82 Å². The third-order valence-corrected chi connectivity index (χ3v) is 5.80. The van der Waals surface area contributed by atoms with Gasteiger partial charge in [-0.1, -0.05) is 18.2 Å². The minimum Gasteiger partial charge on any atom is -0.506 e. The highest BCUT2D eigenvalue weighted by Gasteiger charge is 2.44. The first-order valence-corrected chi connectivity index (χ1v) is 9.62.